The van der Waals surface area contributed by atoms with Gasteiger partial charge in [0.05, 0.1) is 19.3 Å². The highest BCUT2D eigenvalue weighted by molar-refractivity contribution is 7.61. The number of carbonyl (C=O) groups is 2. The first-order chi connectivity index (χ1) is 32.5. The number of nitrogen functional groups attached to an aromatic ring is 1. The van der Waals surface area contributed by atoms with Crippen LogP contribution >= 0.6 is 15.6 Å². The Morgan fingerprint density at radius 1 is 0.824 bits per heavy atom. The van der Waals surface area contributed by atoms with Crippen LogP contribution < -0.4 is 11.4 Å². The monoisotopic (exact) mass is 1000 g/mol. The summed E-state index contributed by atoms with van der Waals surface area (Å²) < 4.78 is 56.5. The highest BCUT2D eigenvalue weighted by atomic mass is 31.3. The average molecular weight is 1000 g/mol. The number of ether oxygens (including phenoxy) is 3. The molecule has 0 bridgehead atoms. The van der Waals surface area contributed by atoms with Crippen LogP contribution in [-0.2, 0) is 46.3 Å². The van der Waals surface area contributed by atoms with Crippen LogP contribution in [0.25, 0.3) is 0 Å². The second kappa shape index (κ2) is 34.9. The fourth-order valence-electron chi connectivity index (χ4n) is 6.86. The molecule has 1 aliphatic rings. The van der Waals surface area contributed by atoms with Gasteiger partial charge in [-0.25, -0.2) is 13.9 Å². The fourth-order valence-corrected chi connectivity index (χ4v) is 8.97. The van der Waals surface area contributed by atoms with Gasteiger partial charge in [-0.05, 0) is 56.9 Å². The van der Waals surface area contributed by atoms with E-state index >= 15 is 0 Å². The van der Waals surface area contributed by atoms with E-state index in [1.807, 2.05) is 12.2 Å². The Balaban J connectivity index is 1.87. The molecule has 68 heavy (non-hydrogen) atoms. The van der Waals surface area contributed by atoms with E-state index in [1.165, 1.54) is 51.0 Å². The number of aliphatic hydroxyl groups is 3. The van der Waals surface area contributed by atoms with Gasteiger partial charge in [-0.15, -0.1) is 0 Å². The quantitative estimate of drug-likeness (QED) is 0.0120. The van der Waals surface area contributed by atoms with E-state index < -0.39 is 89.8 Å². The molecule has 2 rings (SSSR count). The van der Waals surface area contributed by atoms with E-state index in [2.05, 4.69) is 54.4 Å². The smallest absolute Gasteiger partial charge is 0.462 e. The second-order valence-electron chi connectivity index (χ2n) is 17.1. The van der Waals surface area contributed by atoms with Crippen molar-refractivity contribution in [3.63, 3.8) is 0 Å². The molecule has 2 heterocycles. The van der Waals surface area contributed by atoms with E-state index in [9.17, 15) is 48.6 Å². The SMILES string of the molecule is CCCCC/C=C\C/C=C\C/C=C\C=C\[C@@H](O)CCCC(=O)OC[C@H](COP(=O)(O)OP(=O)(O)OC[C@H]1O[C@@H](n2ccc(N)nc2=O)[C@H](O)[C@@H]1O)OC(=O)CCCCCCCCCCC(C)CC. The van der Waals surface area contributed by atoms with Gasteiger partial charge in [-0.1, -0.05) is 140 Å². The number of unbranched alkanes of at least 4 members (excludes halogenated alkanes) is 10. The third-order valence-corrected chi connectivity index (χ3v) is 13.7. The van der Waals surface area contributed by atoms with Crippen molar-refractivity contribution in [3.8, 4) is 0 Å². The Kier molecular flexibility index (Phi) is 31.2. The normalized spacial score (nSPS) is 20.8. The van der Waals surface area contributed by atoms with Crippen LogP contribution in [0, 0.1) is 5.92 Å². The lowest BCUT2D eigenvalue weighted by atomic mass is 9.99. The molecular weight excluding hydrogens is 924 g/mol. The molecule has 19 nitrogen and oxygen atoms in total. The summed E-state index contributed by atoms with van der Waals surface area (Å²) in [6.45, 7) is 4.19. The summed E-state index contributed by atoms with van der Waals surface area (Å²) in [5, 5.41) is 31.2. The van der Waals surface area contributed by atoms with Crippen LogP contribution in [0.4, 0.5) is 5.82 Å². The molecule has 1 saturated heterocycles. The first-order valence-corrected chi connectivity index (χ1v) is 27.1. The summed E-state index contributed by atoms with van der Waals surface area (Å²) in [4.78, 5) is 61.8. The van der Waals surface area contributed by atoms with Crippen LogP contribution in [0.2, 0.25) is 0 Å². The van der Waals surface area contributed by atoms with Crippen molar-refractivity contribution < 1.29 is 71.4 Å². The van der Waals surface area contributed by atoms with Crippen molar-refractivity contribution in [2.24, 2.45) is 5.92 Å². The number of aromatic nitrogens is 2. The number of allylic oxidation sites excluding steroid dienone is 7. The number of nitrogens with zero attached hydrogens (tertiary/aromatic N) is 2. The van der Waals surface area contributed by atoms with Crippen LogP contribution in [0.1, 0.15) is 155 Å². The average Bonchev–Trinajstić information content (AvgIpc) is 3.57. The van der Waals surface area contributed by atoms with Gasteiger partial charge in [0.25, 0.3) is 0 Å². The highest BCUT2D eigenvalue weighted by Crippen LogP contribution is 2.60. The van der Waals surface area contributed by atoms with Crippen LogP contribution in [0.5, 0.6) is 0 Å². The first kappa shape index (κ1) is 60.8. The summed E-state index contributed by atoms with van der Waals surface area (Å²) in [6.07, 6.45) is 25.3. The Morgan fingerprint density at radius 3 is 2.16 bits per heavy atom. The molecular formula is C47H79N3O16P2. The molecule has 1 aromatic heterocycles. The molecule has 1 aromatic rings. The number of rotatable bonds is 38. The van der Waals surface area contributed by atoms with E-state index in [-0.39, 0.29) is 31.5 Å². The minimum Gasteiger partial charge on any atom is -0.462 e. The maximum atomic E-state index is 12.8. The number of hydrogen-bond acceptors (Lipinski definition) is 16. The Bertz CT molecular complexity index is 1860. The summed E-state index contributed by atoms with van der Waals surface area (Å²) in [6, 6.07) is 1.24. The third kappa shape index (κ3) is 27.8. The van der Waals surface area contributed by atoms with E-state index in [0.29, 0.717) is 6.42 Å². The summed E-state index contributed by atoms with van der Waals surface area (Å²) in [5.41, 5.74) is 4.57. The minimum absolute atomic E-state index is 0.00852. The summed E-state index contributed by atoms with van der Waals surface area (Å²) >= 11 is 0. The third-order valence-electron chi connectivity index (χ3n) is 11.1. The lowest BCUT2D eigenvalue weighted by Gasteiger charge is -2.21. The van der Waals surface area contributed by atoms with Gasteiger partial charge < -0.3 is 45.1 Å². The maximum absolute atomic E-state index is 12.8. The van der Waals surface area contributed by atoms with E-state index in [0.717, 1.165) is 68.0 Å². The summed E-state index contributed by atoms with van der Waals surface area (Å²) in [5.74, 6) is -0.762. The fraction of sp³-hybridized carbons (Fsp3) is 0.702. The van der Waals surface area contributed by atoms with E-state index in [1.54, 1.807) is 12.2 Å². The van der Waals surface area contributed by atoms with Crippen molar-refractivity contribution in [3.05, 3.63) is 71.4 Å². The molecule has 0 spiro atoms. The molecule has 21 heteroatoms. The Morgan fingerprint density at radius 2 is 1.47 bits per heavy atom. The second-order valence-corrected chi connectivity index (χ2v) is 20.1. The molecule has 9 atom stereocenters. The molecule has 0 aliphatic carbocycles. The van der Waals surface area contributed by atoms with Gasteiger partial charge >= 0.3 is 33.3 Å². The topological polar surface area (TPSA) is 286 Å². The van der Waals surface area contributed by atoms with Crippen molar-refractivity contribution in [2.45, 2.75) is 186 Å². The van der Waals surface area contributed by atoms with Crippen LogP contribution in [-0.4, -0.2) is 96.9 Å². The maximum Gasteiger partial charge on any atom is 0.481 e. The van der Waals surface area contributed by atoms with Crippen molar-refractivity contribution in [2.75, 3.05) is 25.6 Å². The highest BCUT2D eigenvalue weighted by Gasteiger charge is 2.46. The number of carbonyl (C=O) groups excluding carboxylic acids is 2. The molecule has 0 amide bonds. The van der Waals surface area contributed by atoms with Gasteiger partial charge in [0.1, 0.15) is 30.7 Å². The lowest BCUT2D eigenvalue weighted by molar-refractivity contribution is -0.161. The number of phosphoric acid groups is 2. The zero-order valence-corrected chi connectivity index (χ0v) is 42.0. The zero-order chi connectivity index (χ0) is 50.2. The molecule has 1 fully saturated rings. The minimum atomic E-state index is -5.46. The predicted molar refractivity (Wildman–Crippen MR) is 258 cm³/mol. The van der Waals surface area contributed by atoms with Crippen molar-refractivity contribution >= 4 is 33.4 Å². The Labute approximate surface area is 402 Å². The van der Waals surface area contributed by atoms with Crippen molar-refractivity contribution in [1.82, 2.24) is 9.55 Å². The van der Waals surface area contributed by atoms with Gasteiger partial charge in [0.2, 0.25) is 0 Å². The van der Waals surface area contributed by atoms with E-state index in [4.69, 9.17) is 29.0 Å². The number of aliphatic hydroxyl groups excluding tert-OH is 3. The van der Waals surface area contributed by atoms with Crippen LogP contribution in [0.3, 0.4) is 0 Å². The number of hydrogen-bond donors (Lipinski definition) is 6. The number of nitrogens with two attached hydrogens (primary N) is 1. The number of phosphoric ester groups is 2. The number of anilines is 1. The predicted octanol–water partition coefficient (Wildman–Crippen LogP) is 8.21. The zero-order valence-electron chi connectivity index (χ0n) is 40.2. The molecule has 0 saturated carbocycles. The van der Waals surface area contributed by atoms with Gasteiger partial charge in [-0.2, -0.15) is 9.29 Å². The molecule has 0 radical (unpaired) electrons. The molecule has 3 unspecified atom stereocenters. The van der Waals surface area contributed by atoms with Gasteiger partial charge in [0, 0.05) is 19.0 Å². The molecule has 1 aliphatic heterocycles. The molecule has 7 N–H and O–H groups in total. The molecule has 388 valence electrons. The number of esters is 2. The van der Waals surface area contributed by atoms with Gasteiger partial charge in [-0.3, -0.25) is 23.2 Å². The first-order valence-electron chi connectivity index (χ1n) is 24.2. The molecule has 0 aromatic carbocycles. The van der Waals surface area contributed by atoms with Crippen LogP contribution in [0.15, 0.2) is 65.7 Å². The van der Waals surface area contributed by atoms with Gasteiger partial charge in [0.15, 0.2) is 12.3 Å². The largest absolute Gasteiger partial charge is 0.481 e. The summed E-state index contributed by atoms with van der Waals surface area (Å²) in [7, 11) is -10.9. The lowest BCUT2D eigenvalue weighted by Crippen LogP contribution is -2.36. The van der Waals surface area contributed by atoms with Crippen molar-refractivity contribution in [1.29, 1.82) is 0 Å². The Hall–Kier alpha value is -3.32. The standard InChI is InChI=1S/C47H79N3O16P2/c1-4-6-7-8-9-10-11-12-13-14-18-21-24-28-38(51)29-26-31-42(52)61-34-39(64-43(53)30-25-22-19-16-15-17-20-23-27-37(3)5-2)35-62-67(57,58)66-68(59,60)63-36-40-44(54)45(55)46(65-40)50-33-32-41(48)49-47(50)56/h9-10,12-13,18,21,24,28,32-33,37-40,44-46,51,54-55H,4-8,11,14-17,19-20,22-23,25-27,29-31,34-36H2,1-3H3,(H,57,58)(H,59,60)(H2,48,49,56)/b10-9-,13-12-,21-18-,28-24+/t37?,38-,39-,40-,44-,45-,46-/m1/s1.